The van der Waals surface area contributed by atoms with Gasteiger partial charge in [0.15, 0.2) is 5.76 Å². The zero-order valence-electron chi connectivity index (χ0n) is 13.7. The molecule has 3 rings (SSSR count). The summed E-state index contributed by atoms with van der Waals surface area (Å²) in [7, 11) is 3.57. The number of nitriles is 1. The fraction of sp³-hybridized carbons (Fsp3) is 0.222. The number of anilines is 1. The highest BCUT2D eigenvalue weighted by Gasteiger charge is 2.18. The molecule has 2 aromatic heterocycles. The Balaban J connectivity index is 1.75. The minimum absolute atomic E-state index is 0.226. The Hall–Kier alpha value is -3.20. The van der Waals surface area contributed by atoms with E-state index >= 15 is 0 Å². The number of furan rings is 1. The molecule has 0 saturated carbocycles. The van der Waals surface area contributed by atoms with Gasteiger partial charge >= 0.3 is 0 Å². The van der Waals surface area contributed by atoms with Crippen molar-refractivity contribution < 1.29 is 13.6 Å². The summed E-state index contributed by atoms with van der Waals surface area (Å²) in [5, 5.41) is 9.12. The quantitative estimate of drug-likeness (QED) is 0.711. The van der Waals surface area contributed by atoms with E-state index in [0.29, 0.717) is 24.0 Å². The van der Waals surface area contributed by atoms with E-state index in [0.717, 1.165) is 11.3 Å². The Morgan fingerprint density at radius 2 is 2.04 bits per heavy atom. The minimum atomic E-state index is 0.226. The van der Waals surface area contributed by atoms with Crippen molar-refractivity contribution in [3.63, 3.8) is 0 Å². The van der Waals surface area contributed by atoms with E-state index in [9.17, 15) is 0 Å². The van der Waals surface area contributed by atoms with Crippen molar-refractivity contribution in [1.29, 1.82) is 5.26 Å². The van der Waals surface area contributed by atoms with Gasteiger partial charge in [0.05, 0.1) is 0 Å². The predicted octanol–water partition coefficient (Wildman–Crippen LogP) is 3.76. The average Bonchev–Trinajstić information content (AvgIpc) is 3.19. The molecule has 0 saturated heterocycles. The van der Waals surface area contributed by atoms with Gasteiger partial charge < -0.3 is 18.5 Å². The van der Waals surface area contributed by atoms with Crippen LogP contribution in [0, 0.1) is 18.3 Å². The van der Waals surface area contributed by atoms with Crippen molar-refractivity contribution in [3.05, 3.63) is 53.4 Å². The highest BCUT2D eigenvalue weighted by molar-refractivity contribution is 5.55. The molecule has 0 radical (unpaired) electrons. The lowest BCUT2D eigenvalue weighted by atomic mass is 10.2. The Morgan fingerprint density at radius 1 is 1.21 bits per heavy atom. The first-order valence-electron chi connectivity index (χ1n) is 7.43. The molecule has 0 aliphatic carbocycles. The van der Waals surface area contributed by atoms with Crippen molar-refractivity contribution in [2.24, 2.45) is 0 Å². The van der Waals surface area contributed by atoms with Crippen LogP contribution >= 0.6 is 0 Å². The number of hydrogen-bond acceptors (Lipinski definition) is 6. The highest BCUT2D eigenvalue weighted by atomic mass is 16.5. The second kappa shape index (κ2) is 6.50. The van der Waals surface area contributed by atoms with Crippen LogP contribution in [0.5, 0.6) is 5.75 Å². The number of oxazole rings is 1. The number of aryl methyl sites for hydroxylation is 1. The van der Waals surface area contributed by atoms with Gasteiger partial charge in [0.25, 0.3) is 5.89 Å². The standard InChI is InChI=1S/C18H17N3O3/c1-12-5-4-6-13(9-12)22-11-14-7-8-16(23-14)17-20-15(10-19)18(24-17)21(2)3/h4-9H,11H2,1-3H3. The molecule has 122 valence electrons. The van der Waals surface area contributed by atoms with E-state index in [4.69, 9.17) is 18.8 Å². The van der Waals surface area contributed by atoms with E-state index in [-0.39, 0.29) is 11.6 Å². The number of benzene rings is 1. The first kappa shape index (κ1) is 15.7. The minimum Gasteiger partial charge on any atom is -0.486 e. The molecule has 0 amide bonds. The molecule has 0 aliphatic heterocycles. The zero-order valence-corrected chi connectivity index (χ0v) is 13.7. The van der Waals surface area contributed by atoms with Crippen LogP contribution in [0.25, 0.3) is 11.7 Å². The van der Waals surface area contributed by atoms with Gasteiger partial charge in [-0.2, -0.15) is 10.2 Å². The molecule has 0 aliphatic rings. The number of ether oxygens (including phenoxy) is 1. The first-order chi connectivity index (χ1) is 11.6. The summed E-state index contributed by atoms with van der Waals surface area (Å²) in [6.45, 7) is 2.31. The summed E-state index contributed by atoms with van der Waals surface area (Å²) in [6, 6.07) is 13.4. The first-order valence-corrected chi connectivity index (χ1v) is 7.43. The second-order valence-corrected chi connectivity index (χ2v) is 5.55. The monoisotopic (exact) mass is 323 g/mol. The van der Waals surface area contributed by atoms with E-state index in [2.05, 4.69) is 4.98 Å². The van der Waals surface area contributed by atoms with Crippen molar-refractivity contribution in [3.8, 4) is 23.5 Å². The van der Waals surface area contributed by atoms with Crippen LogP contribution in [0.1, 0.15) is 17.0 Å². The third-order valence-electron chi connectivity index (χ3n) is 3.36. The molecular weight excluding hydrogens is 306 g/mol. The molecule has 0 unspecified atom stereocenters. The molecule has 1 aromatic carbocycles. The van der Waals surface area contributed by atoms with Gasteiger partial charge in [-0.15, -0.1) is 0 Å². The van der Waals surface area contributed by atoms with Crippen LogP contribution in [0.4, 0.5) is 5.88 Å². The Kier molecular flexibility index (Phi) is 4.25. The number of aromatic nitrogens is 1. The Labute approximate surface area is 139 Å². The molecule has 0 spiro atoms. The van der Waals surface area contributed by atoms with Gasteiger partial charge in [-0.25, -0.2) is 0 Å². The number of hydrogen-bond donors (Lipinski definition) is 0. The maximum absolute atomic E-state index is 9.12. The van der Waals surface area contributed by atoms with Crippen LogP contribution in [0.2, 0.25) is 0 Å². The fourth-order valence-corrected chi connectivity index (χ4v) is 2.22. The van der Waals surface area contributed by atoms with Gasteiger partial charge in [-0.3, -0.25) is 0 Å². The lowest BCUT2D eigenvalue weighted by Crippen LogP contribution is -2.08. The Bertz CT molecular complexity index is 887. The van der Waals surface area contributed by atoms with Crippen LogP contribution in [0.15, 0.2) is 45.2 Å². The normalized spacial score (nSPS) is 10.4. The van der Waals surface area contributed by atoms with Gasteiger partial charge in [0.1, 0.15) is 24.2 Å². The molecular formula is C18H17N3O3. The largest absolute Gasteiger partial charge is 0.486 e. The fourth-order valence-electron chi connectivity index (χ4n) is 2.22. The van der Waals surface area contributed by atoms with E-state index in [1.165, 1.54) is 0 Å². The van der Waals surface area contributed by atoms with E-state index < -0.39 is 0 Å². The van der Waals surface area contributed by atoms with Gasteiger partial charge in [0, 0.05) is 14.1 Å². The van der Waals surface area contributed by atoms with Crippen molar-refractivity contribution in [2.45, 2.75) is 13.5 Å². The van der Waals surface area contributed by atoms with Crippen LogP contribution in [-0.4, -0.2) is 19.1 Å². The van der Waals surface area contributed by atoms with Gasteiger partial charge in [0.2, 0.25) is 11.6 Å². The average molecular weight is 323 g/mol. The lowest BCUT2D eigenvalue weighted by molar-refractivity contribution is 0.271. The van der Waals surface area contributed by atoms with Gasteiger partial charge in [-0.05, 0) is 36.8 Å². The van der Waals surface area contributed by atoms with Crippen LogP contribution in [0.3, 0.4) is 0 Å². The zero-order chi connectivity index (χ0) is 17.1. The smallest absolute Gasteiger partial charge is 0.266 e. The summed E-state index contributed by atoms with van der Waals surface area (Å²) < 4.78 is 17.0. The SMILES string of the molecule is Cc1cccc(OCc2ccc(-c3nc(C#N)c(N(C)C)o3)o2)c1. The number of nitrogens with zero attached hydrogens (tertiary/aromatic N) is 3. The van der Waals surface area contributed by atoms with Gasteiger partial charge in [-0.1, -0.05) is 12.1 Å². The highest BCUT2D eigenvalue weighted by Crippen LogP contribution is 2.28. The molecule has 24 heavy (non-hydrogen) atoms. The second-order valence-electron chi connectivity index (χ2n) is 5.55. The van der Waals surface area contributed by atoms with Crippen molar-refractivity contribution in [1.82, 2.24) is 4.98 Å². The summed E-state index contributed by atoms with van der Waals surface area (Å²) in [5.74, 6) is 2.57. The van der Waals surface area contributed by atoms with Crippen LogP contribution < -0.4 is 9.64 Å². The maximum Gasteiger partial charge on any atom is 0.266 e. The summed E-state index contributed by atoms with van der Waals surface area (Å²) >= 11 is 0. The molecule has 3 aromatic rings. The molecule has 0 atom stereocenters. The summed E-state index contributed by atoms with van der Waals surface area (Å²) in [5.41, 5.74) is 1.36. The third-order valence-corrected chi connectivity index (χ3v) is 3.36. The topological polar surface area (TPSA) is 75.4 Å². The third kappa shape index (κ3) is 3.25. The maximum atomic E-state index is 9.12. The van der Waals surface area contributed by atoms with Crippen LogP contribution in [-0.2, 0) is 6.61 Å². The predicted molar refractivity (Wildman–Crippen MR) is 88.8 cm³/mol. The molecule has 2 heterocycles. The van der Waals surface area contributed by atoms with E-state index in [1.54, 1.807) is 31.1 Å². The molecule has 6 heteroatoms. The summed E-state index contributed by atoms with van der Waals surface area (Å²) in [4.78, 5) is 5.85. The molecule has 6 nitrogen and oxygen atoms in total. The molecule has 0 N–H and O–H groups in total. The van der Waals surface area contributed by atoms with Crippen molar-refractivity contribution >= 4 is 5.88 Å². The van der Waals surface area contributed by atoms with E-state index in [1.807, 2.05) is 37.3 Å². The molecule has 0 fully saturated rings. The lowest BCUT2D eigenvalue weighted by Gasteiger charge is -2.06. The Morgan fingerprint density at radius 3 is 2.71 bits per heavy atom. The molecule has 0 bridgehead atoms. The summed E-state index contributed by atoms with van der Waals surface area (Å²) in [6.07, 6.45) is 0. The van der Waals surface area contributed by atoms with Crippen molar-refractivity contribution in [2.75, 3.05) is 19.0 Å². The number of rotatable bonds is 5.